The highest BCUT2D eigenvalue weighted by Gasteiger charge is 2.11. The first kappa shape index (κ1) is 9.29. The molecule has 0 amide bonds. The molecule has 3 rings (SSSR count). The molecule has 6 nitrogen and oxygen atoms in total. The number of aromatic nitrogens is 6. The maximum absolute atomic E-state index is 5.85. The van der Waals surface area contributed by atoms with Crippen molar-refractivity contribution in [2.24, 2.45) is 0 Å². The van der Waals surface area contributed by atoms with E-state index in [1.807, 2.05) is 17.7 Å². The van der Waals surface area contributed by atoms with E-state index in [0.29, 0.717) is 11.5 Å². The van der Waals surface area contributed by atoms with Crippen molar-refractivity contribution in [3.8, 4) is 5.82 Å². The molecular weight excluding hydrogens is 228 g/mol. The molecule has 3 heterocycles. The van der Waals surface area contributed by atoms with Crippen molar-refractivity contribution in [1.82, 2.24) is 29.7 Å². The number of aromatic amines is 1. The molecule has 3 aromatic rings. The zero-order valence-corrected chi connectivity index (χ0v) is 9.10. The molecule has 0 aromatic carbocycles. The highest BCUT2D eigenvalue weighted by molar-refractivity contribution is 6.28. The first-order valence-electron chi connectivity index (χ1n) is 4.62. The number of halogens is 1. The Kier molecular flexibility index (Phi) is 1.90. The minimum atomic E-state index is 0.180. The molecule has 0 aliphatic rings. The van der Waals surface area contributed by atoms with Crippen LogP contribution in [0.5, 0.6) is 0 Å². The second-order valence-corrected chi connectivity index (χ2v) is 3.63. The molecule has 0 saturated heterocycles. The number of rotatable bonds is 1. The van der Waals surface area contributed by atoms with Crippen molar-refractivity contribution in [3.05, 3.63) is 29.7 Å². The molecule has 0 atom stereocenters. The first-order valence-corrected chi connectivity index (χ1v) is 5.00. The van der Waals surface area contributed by atoms with Gasteiger partial charge in [-0.3, -0.25) is 9.67 Å². The average Bonchev–Trinajstić information content (AvgIpc) is 2.84. The van der Waals surface area contributed by atoms with Gasteiger partial charge in [0, 0.05) is 12.4 Å². The maximum atomic E-state index is 5.85. The van der Waals surface area contributed by atoms with E-state index >= 15 is 0 Å². The fourth-order valence-electron chi connectivity index (χ4n) is 1.58. The third-order valence-electron chi connectivity index (χ3n) is 2.32. The second-order valence-electron chi connectivity index (χ2n) is 3.29. The summed E-state index contributed by atoms with van der Waals surface area (Å²) >= 11 is 5.85. The third-order valence-corrected chi connectivity index (χ3v) is 2.49. The van der Waals surface area contributed by atoms with E-state index in [1.165, 1.54) is 0 Å². The molecule has 16 heavy (non-hydrogen) atoms. The molecule has 0 aliphatic heterocycles. The summed E-state index contributed by atoms with van der Waals surface area (Å²) in [4.78, 5) is 12.4. The van der Waals surface area contributed by atoms with Gasteiger partial charge in [0.1, 0.15) is 5.82 Å². The van der Waals surface area contributed by atoms with Crippen LogP contribution in [0.25, 0.3) is 16.9 Å². The fraction of sp³-hybridized carbons (Fsp3) is 0.111. The van der Waals surface area contributed by atoms with Gasteiger partial charge in [-0.15, -0.1) is 0 Å². The quantitative estimate of drug-likeness (QED) is 0.648. The van der Waals surface area contributed by atoms with Gasteiger partial charge in [0.25, 0.3) is 0 Å². The second kappa shape index (κ2) is 3.28. The van der Waals surface area contributed by atoms with E-state index in [2.05, 4.69) is 25.1 Å². The normalized spacial score (nSPS) is 11.1. The van der Waals surface area contributed by atoms with Crippen molar-refractivity contribution in [1.29, 1.82) is 0 Å². The summed E-state index contributed by atoms with van der Waals surface area (Å²) < 4.78 is 1.84. The topological polar surface area (TPSA) is 72.3 Å². The van der Waals surface area contributed by atoms with E-state index in [1.54, 1.807) is 12.4 Å². The molecule has 0 unspecified atom stereocenters. The number of aryl methyl sites for hydroxylation is 1. The van der Waals surface area contributed by atoms with Gasteiger partial charge in [-0.25, -0.2) is 4.98 Å². The van der Waals surface area contributed by atoms with Gasteiger partial charge in [0.15, 0.2) is 11.5 Å². The molecule has 0 saturated carbocycles. The minimum Gasteiger partial charge on any atom is -0.287 e. The lowest BCUT2D eigenvalue weighted by molar-refractivity contribution is 0.935. The summed E-state index contributed by atoms with van der Waals surface area (Å²) in [5.74, 6) is 1.51. The molecule has 1 N–H and O–H groups in total. The molecule has 80 valence electrons. The Hall–Kier alpha value is -1.95. The average molecular weight is 235 g/mol. The predicted octanol–water partition coefficient (Wildman–Crippen LogP) is 1.50. The fourth-order valence-corrected chi connectivity index (χ4v) is 1.74. The van der Waals surface area contributed by atoms with Crippen LogP contribution in [0.15, 0.2) is 18.6 Å². The number of nitrogens with one attached hydrogen (secondary N) is 1. The Morgan fingerprint density at radius 1 is 1.38 bits per heavy atom. The molecule has 0 spiro atoms. The number of fused-ring (bicyclic) bond motifs is 1. The van der Waals surface area contributed by atoms with Crippen LogP contribution in [0.3, 0.4) is 0 Å². The number of imidazole rings is 1. The summed E-state index contributed by atoms with van der Waals surface area (Å²) in [7, 11) is 0. The molecule has 0 aliphatic carbocycles. The van der Waals surface area contributed by atoms with Crippen molar-refractivity contribution in [2.75, 3.05) is 0 Å². The molecular formula is C9H7ClN6. The summed E-state index contributed by atoms with van der Waals surface area (Å²) in [6.07, 6.45) is 5.19. The predicted molar refractivity (Wildman–Crippen MR) is 58.6 cm³/mol. The van der Waals surface area contributed by atoms with Crippen LogP contribution in [0.4, 0.5) is 0 Å². The van der Waals surface area contributed by atoms with E-state index in [4.69, 9.17) is 11.6 Å². The van der Waals surface area contributed by atoms with E-state index < -0.39 is 0 Å². The lowest BCUT2D eigenvalue weighted by Crippen LogP contribution is -2.01. The number of hydrogen-bond acceptors (Lipinski definition) is 4. The zero-order valence-electron chi connectivity index (χ0n) is 8.35. The van der Waals surface area contributed by atoms with Crippen molar-refractivity contribution < 1.29 is 0 Å². The van der Waals surface area contributed by atoms with E-state index in [-0.39, 0.29) is 5.28 Å². The number of H-pyrrole nitrogens is 1. The lowest BCUT2D eigenvalue weighted by atomic mass is 10.4. The summed E-state index contributed by atoms with van der Waals surface area (Å²) in [6, 6.07) is 0. The van der Waals surface area contributed by atoms with Crippen LogP contribution in [0, 0.1) is 6.92 Å². The van der Waals surface area contributed by atoms with Gasteiger partial charge in [0.05, 0.1) is 11.6 Å². The number of nitrogens with zero attached hydrogens (tertiary/aromatic N) is 5. The van der Waals surface area contributed by atoms with Crippen LogP contribution in [0.2, 0.25) is 5.28 Å². The molecule has 7 heteroatoms. The molecule has 3 aromatic heterocycles. The van der Waals surface area contributed by atoms with E-state index in [0.717, 1.165) is 11.2 Å². The Morgan fingerprint density at radius 2 is 2.25 bits per heavy atom. The van der Waals surface area contributed by atoms with Crippen LogP contribution < -0.4 is 0 Å². The smallest absolute Gasteiger partial charge is 0.226 e. The van der Waals surface area contributed by atoms with Gasteiger partial charge in [0.2, 0.25) is 5.28 Å². The van der Waals surface area contributed by atoms with Gasteiger partial charge >= 0.3 is 0 Å². The standard InChI is InChI=1S/C9H7ClN6/c1-5-11-2-3-16(5)8-6-4-12-15-7(6)13-9(10)14-8/h2-4H,1H3,(H,12,13,14,15). The van der Waals surface area contributed by atoms with Crippen LogP contribution in [-0.2, 0) is 0 Å². The van der Waals surface area contributed by atoms with Crippen LogP contribution in [0.1, 0.15) is 5.82 Å². The van der Waals surface area contributed by atoms with Gasteiger partial charge < -0.3 is 0 Å². The Labute approximate surface area is 95.3 Å². The highest BCUT2D eigenvalue weighted by atomic mass is 35.5. The number of hydrogen-bond donors (Lipinski definition) is 1. The Bertz CT molecular complexity index is 655. The van der Waals surface area contributed by atoms with Crippen LogP contribution >= 0.6 is 11.6 Å². The van der Waals surface area contributed by atoms with Crippen molar-refractivity contribution in [3.63, 3.8) is 0 Å². The van der Waals surface area contributed by atoms with E-state index in [9.17, 15) is 0 Å². The third kappa shape index (κ3) is 1.27. The molecule has 0 bridgehead atoms. The summed E-state index contributed by atoms with van der Waals surface area (Å²) in [5, 5.41) is 7.68. The largest absolute Gasteiger partial charge is 0.287 e. The lowest BCUT2D eigenvalue weighted by Gasteiger charge is -2.04. The minimum absolute atomic E-state index is 0.180. The van der Waals surface area contributed by atoms with Crippen molar-refractivity contribution in [2.45, 2.75) is 6.92 Å². The Morgan fingerprint density at radius 3 is 3.00 bits per heavy atom. The molecule has 0 radical (unpaired) electrons. The summed E-state index contributed by atoms with van der Waals surface area (Å²) in [5.41, 5.74) is 0.614. The van der Waals surface area contributed by atoms with Crippen LogP contribution in [-0.4, -0.2) is 29.7 Å². The molecule has 0 fully saturated rings. The van der Waals surface area contributed by atoms with Gasteiger partial charge in [-0.1, -0.05) is 0 Å². The van der Waals surface area contributed by atoms with Crippen molar-refractivity contribution >= 4 is 22.6 Å². The zero-order chi connectivity index (χ0) is 11.1. The first-order chi connectivity index (χ1) is 7.75. The maximum Gasteiger partial charge on any atom is 0.226 e. The summed E-state index contributed by atoms with van der Waals surface area (Å²) in [6.45, 7) is 1.89. The van der Waals surface area contributed by atoms with Gasteiger partial charge in [-0.05, 0) is 18.5 Å². The Balaban J connectivity index is 2.38. The highest BCUT2D eigenvalue weighted by Crippen LogP contribution is 2.19. The monoisotopic (exact) mass is 234 g/mol. The SMILES string of the molecule is Cc1nccn1-c1nc(Cl)nc2[nH]ncc12. The van der Waals surface area contributed by atoms with Gasteiger partial charge in [-0.2, -0.15) is 15.1 Å².